The van der Waals surface area contributed by atoms with Crippen molar-refractivity contribution in [3.63, 3.8) is 0 Å². The normalized spacial score (nSPS) is 14.4. The van der Waals surface area contributed by atoms with E-state index in [0.717, 1.165) is 36.8 Å². The number of carboxylic acid groups (broad SMARTS) is 1. The first-order chi connectivity index (χ1) is 10.1. The number of aromatic nitrogens is 1. The Hall–Kier alpha value is -1.81. The van der Waals surface area contributed by atoms with Gasteiger partial charge in [-0.05, 0) is 68.8 Å². The Morgan fingerprint density at radius 2 is 2.10 bits per heavy atom. The number of carboxylic acids is 1. The fourth-order valence-electron chi connectivity index (χ4n) is 3.60. The number of rotatable bonds is 4. The molecule has 2 aromatic rings. The first-order valence-electron chi connectivity index (χ1n) is 7.71. The van der Waals surface area contributed by atoms with E-state index in [-0.39, 0.29) is 0 Å². The number of aryl methyl sites for hydroxylation is 3. The van der Waals surface area contributed by atoms with Crippen LogP contribution < -0.4 is 5.73 Å². The highest BCUT2D eigenvalue weighted by atomic mass is 16.4. The Morgan fingerprint density at radius 1 is 1.33 bits per heavy atom. The number of nitrogens with two attached hydrogens (primary N) is 1. The maximum absolute atomic E-state index is 11.3. The van der Waals surface area contributed by atoms with E-state index in [4.69, 9.17) is 5.73 Å². The average molecular weight is 286 g/mol. The lowest BCUT2D eigenvalue weighted by molar-refractivity contribution is 0.0697. The standard InChI is InChI=1S/C17H22N2O2/c1-11-9-12(17(20)21)10-14-13-5-2-3-6-15(13)19(16(11)14)8-4-7-18/h9-10H,2-8,18H2,1H3,(H,20,21). The van der Waals surface area contributed by atoms with Crippen LogP contribution in [0.2, 0.25) is 0 Å². The summed E-state index contributed by atoms with van der Waals surface area (Å²) >= 11 is 0. The zero-order valence-electron chi connectivity index (χ0n) is 12.5. The molecule has 0 spiro atoms. The summed E-state index contributed by atoms with van der Waals surface area (Å²) in [5.74, 6) is -0.848. The van der Waals surface area contributed by atoms with Crippen molar-refractivity contribution in [2.45, 2.75) is 45.6 Å². The summed E-state index contributed by atoms with van der Waals surface area (Å²) in [6, 6.07) is 3.64. The lowest BCUT2D eigenvalue weighted by Crippen LogP contribution is -2.11. The van der Waals surface area contributed by atoms with Crippen molar-refractivity contribution in [2.24, 2.45) is 5.73 Å². The highest BCUT2D eigenvalue weighted by Gasteiger charge is 2.22. The van der Waals surface area contributed by atoms with Gasteiger partial charge in [0.1, 0.15) is 0 Å². The van der Waals surface area contributed by atoms with Gasteiger partial charge in [-0.3, -0.25) is 0 Å². The third kappa shape index (κ3) is 2.33. The Labute approximate surface area is 124 Å². The first-order valence-corrected chi connectivity index (χ1v) is 7.71. The van der Waals surface area contributed by atoms with Crippen molar-refractivity contribution in [3.8, 4) is 0 Å². The van der Waals surface area contributed by atoms with Crippen LogP contribution in [0.4, 0.5) is 0 Å². The molecule has 0 radical (unpaired) electrons. The molecule has 0 bridgehead atoms. The maximum atomic E-state index is 11.3. The summed E-state index contributed by atoms with van der Waals surface area (Å²) in [4.78, 5) is 11.3. The second kappa shape index (κ2) is 5.53. The second-order valence-corrected chi connectivity index (χ2v) is 5.92. The summed E-state index contributed by atoms with van der Waals surface area (Å²) in [5, 5.41) is 10.4. The molecule has 1 aromatic heterocycles. The van der Waals surface area contributed by atoms with E-state index in [1.54, 1.807) is 6.07 Å². The number of benzene rings is 1. The molecule has 0 aliphatic heterocycles. The largest absolute Gasteiger partial charge is 0.478 e. The summed E-state index contributed by atoms with van der Waals surface area (Å²) in [6.45, 7) is 3.62. The van der Waals surface area contributed by atoms with Crippen molar-refractivity contribution >= 4 is 16.9 Å². The molecule has 0 atom stereocenters. The number of nitrogens with zero attached hydrogens (tertiary/aromatic N) is 1. The molecule has 1 aromatic carbocycles. The quantitative estimate of drug-likeness (QED) is 0.908. The third-order valence-electron chi connectivity index (χ3n) is 4.49. The molecular weight excluding hydrogens is 264 g/mol. The molecule has 1 aliphatic rings. The smallest absolute Gasteiger partial charge is 0.335 e. The van der Waals surface area contributed by atoms with Crippen LogP contribution in [0.1, 0.15) is 46.4 Å². The Morgan fingerprint density at radius 3 is 2.81 bits per heavy atom. The van der Waals surface area contributed by atoms with Crippen LogP contribution in [0.15, 0.2) is 12.1 Å². The van der Waals surface area contributed by atoms with Crippen LogP contribution in [0.5, 0.6) is 0 Å². The second-order valence-electron chi connectivity index (χ2n) is 5.92. The molecular formula is C17H22N2O2. The van der Waals surface area contributed by atoms with E-state index < -0.39 is 5.97 Å². The van der Waals surface area contributed by atoms with Gasteiger partial charge in [-0.1, -0.05) is 0 Å². The highest BCUT2D eigenvalue weighted by molar-refractivity contribution is 5.97. The van der Waals surface area contributed by atoms with Gasteiger partial charge in [0.2, 0.25) is 0 Å². The minimum atomic E-state index is -0.848. The van der Waals surface area contributed by atoms with Crippen LogP contribution in [0.3, 0.4) is 0 Å². The molecule has 3 rings (SSSR count). The van der Waals surface area contributed by atoms with Crippen molar-refractivity contribution < 1.29 is 9.90 Å². The fraction of sp³-hybridized carbons (Fsp3) is 0.471. The first kappa shape index (κ1) is 14.1. The Kier molecular flexibility index (Phi) is 3.72. The van der Waals surface area contributed by atoms with Crippen molar-refractivity contribution in [1.82, 2.24) is 4.57 Å². The molecule has 1 heterocycles. The average Bonchev–Trinajstić information content (AvgIpc) is 2.80. The van der Waals surface area contributed by atoms with Crippen molar-refractivity contribution in [2.75, 3.05) is 6.54 Å². The molecule has 4 nitrogen and oxygen atoms in total. The van der Waals surface area contributed by atoms with Gasteiger partial charge in [-0.25, -0.2) is 4.79 Å². The van der Waals surface area contributed by atoms with Crippen molar-refractivity contribution in [1.29, 1.82) is 0 Å². The molecule has 112 valence electrons. The van der Waals surface area contributed by atoms with Crippen LogP contribution in [0, 0.1) is 6.92 Å². The molecule has 0 unspecified atom stereocenters. The molecule has 0 saturated carbocycles. The van der Waals surface area contributed by atoms with E-state index >= 15 is 0 Å². The Balaban J connectivity index is 2.27. The zero-order chi connectivity index (χ0) is 15.0. The summed E-state index contributed by atoms with van der Waals surface area (Å²) < 4.78 is 2.39. The van der Waals surface area contributed by atoms with Gasteiger partial charge in [0.15, 0.2) is 0 Å². The van der Waals surface area contributed by atoms with Gasteiger partial charge in [0.05, 0.1) is 11.1 Å². The number of fused-ring (bicyclic) bond motifs is 3. The predicted molar refractivity (Wildman–Crippen MR) is 83.9 cm³/mol. The van der Waals surface area contributed by atoms with E-state index in [1.165, 1.54) is 29.6 Å². The van der Waals surface area contributed by atoms with E-state index in [2.05, 4.69) is 4.57 Å². The molecule has 1 aliphatic carbocycles. The molecule has 4 heteroatoms. The monoisotopic (exact) mass is 286 g/mol. The highest BCUT2D eigenvalue weighted by Crippen LogP contribution is 2.34. The molecule has 0 amide bonds. The van der Waals surface area contributed by atoms with Gasteiger partial charge >= 0.3 is 5.97 Å². The van der Waals surface area contributed by atoms with E-state index in [0.29, 0.717) is 12.1 Å². The SMILES string of the molecule is Cc1cc(C(=O)O)cc2c3c(n(CCCN)c12)CCCC3. The zero-order valence-corrected chi connectivity index (χ0v) is 12.5. The molecule has 21 heavy (non-hydrogen) atoms. The van der Waals surface area contributed by atoms with Gasteiger partial charge in [0, 0.05) is 17.6 Å². The topological polar surface area (TPSA) is 68.2 Å². The van der Waals surface area contributed by atoms with Gasteiger partial charge in [0.25, 0.3) is 0 Å². The number of hydrogen-bond donors (Lipinski definition) is 2. The van der Waals surface area contributed by atoms with Crippen LogP contribution in [0.25, 0.3) is 10.9 Å². The number of aromatic carboxylic acids is 1. The van der Waals surface area contributed by atoms with Crippen LogP contribution in [-0.4, -0.2) is 22.2 Å². The Bertz CT molecular complexity index is 701. The van der Waals surface area contributed by atoms with Gasteiger partial charge in [-0.2, -0.15) is 0 Å². The number of hydrogen-bond acceptors (Lipinski definition) is 2. The van der Waals surface area contributed by atoms with E-state index in [1.807, 2.05) is 13.0 Å². The molecule has 0 fully saturated rings. The summed E-state index contributed by atoms with van der Waals surface area (Å²) in [7, 11) is 0. The third-order valence-corrected chi connectivity index (χ3v) is 4.49. The molecule has 3 N–H and O–H groups in total. The van der Waals surface area contributed by atoms with Gasteiger partial charge < -0.3 is 15.4 Å². The summed E-state index contributed by atoms with van der Waals surface area (Å²) in [6.07, 6.45) is 5.52. The van der Waals surface area contributed by atoms with Crippen LogP contribution >= 0.6 is 0 Å². The minimum absolute atomic E-state index is 0.393. The van der Waals surface area contributed by atoms with Crippen molar-refractivity contribution in [3.05, 3.63) is 34.5 Å². The predicted octanol–water partition coefficient (Wildman–Crippen LogP) is 2.88. The maximum Gasteiger partial charge on any atom is 0.335 e. The fourth-order valence-corrected chi connectivity index (χ4v) is 3.60. The molecule has 0 saturated heterocycles. The lowest BCUT2D eigenvalue weighted by Gasteiger charge is -2.16. The minimum Gasteiger partial charge on any atom is -0.478 e. The lowest BCUT2D eigenvalue weighted by atomic mass is 9.94. The van der Waals surface area contributed by atoms with E-state index in [9.17, 15) is 9.90 Å². The number of carbonyl (C=O) groups is 1. The van der Waals surface area contributed by atoms with Gasteiger partial charge in [-0.15, -0.1) is 0 Å². The summed E-state index contributed by atoms with van der Waals surface area (Å²) in [5.41, 5.74) is 11.1. The van der Waals surface area contributed by atoms with Crippen LogP contribution in [-0.2, 0) is 19.4 Å².